The fourth-order valence-electron chi connectivity index (χ4n) is 0.970. The van der Waals surface area contributed by atoms with E-state index in [0.717, 1.165) is 0 Å². The zero-order chi connectivity index (χ0) is 11.2. The zero-order valence-corrected chi connectivity index (χ0v) is 9.96. The van der Waals surface area contributed by atoms with Gasteiger partial charge in [0.1, 0.15) is 5.78 Å². The maximum Gasteiger partial charge on any atom is 0.137 e. The minimum Gasteiger partial charge on any atom is -0.496 e. The Morgan fingerprint density at radius 2 is 1.93 bits per heavy atom. The van der Waals surface area contributed by atoms with E-state index in [9.17, 15) is 4.79 Å². The number of Topliss-reactive ketones (excluding diaryl/α,β-unsaturated/α-hetero) is 1. The Hall–Kier alpha value is -0.790. The number of hydrogen-bond acceptors (Lipinski definition) is 2. The van der Waals surface area contributed by atoms with Gasteiger partial charge >= 0.3 is 0 Å². The van der Waals surface area contributed by atoms with Gasteiger partial charge in [0, 0.05) is 12.8 Å². The molecule has 2 heteroatoms. The summed E-state index contributed by atoms with van der Waals surface area (Å²) in [5.41, 5.74) is -0.169. The predicted molar refractivity (Wildman–Crippen MR) is 59.1 cm³/mol. The molecule has 0 saturated carbocycles. The molecular weight excluding hydrogens is 176 g/mol. The summed E-state index contributed by atoms with van der Waals surface area (Å²) in [5.74, 6) is 0.716. The van der Waals surface area contributed by atoms with E-state index in [1.807, 2.05) is 34.6 Å². The number of carbonyl (C=O) groups is 1. The first-order valence-corrected chi connectivity index (χ1v) is 5.16. The van der Waals surface area contributed by atoms with Crippen molar-refractivity contribution < 1.29 is 9.53 Å². The molecule has 0 amide bonds. The lowest BCUT2D eigenvalue weighted by molar-refractivity contribution is -0.118. The fraction of sp³-hybridized carbons (Fsp3) is 0.750. The van der Waals surface area contributed by atoms with E-state index in [4.69, 9.17) is 4.74 Å². The van der Waals surface area contributed by atoms with Gasteiger partial charge in [-0.05, 0) is 32.8 Å². The van der Waals surface area contributed by atoms with E-state index in [2.05, 4.69) is 0 Å². The molecule has 0 aliphatic carbocycles. The molecular formula is C12H22O2. The highest BCUT2D eigenvalue weighted by atomic mass is 16.5. The lowest BCUT2D eigenvalue weighted by atomic mass is 10.1. The molecule has 0 aliphatic heterocycles. The highest BCUT2D eigenvalue weighted by Gasteiger charge is 2.07. The van der Waals surface area contributed by atoms with Gasteiger partial charge in [0.25, 0.3) is 0 Å². The van der Waals surface area contributed by atoms with Gasteiger partial charge in [-0.15, -0.1) is 0 Å². The maximum atomic E-state index is 11.3. The smallest absolute Gasteiger partial charge is 0.137 e. The minimum atomic E-state index is -0.169. The van der Waals surface area contributed by atoms with Gasteiger partial charge in [-0.1, -0.05) is 13.8 Å². The second kappa shape index (κ2) is 5.84. The van der Waals surface area contributed by atoms with Crippen molar-refractivity contribution in [2.45, 2.75) is 53.1 Å². The Morgan fingerprint density at radius 1 is 1.36 bits per heavy atom. The summed E-state index contributed by atoms with van der Waals surface area (Å²) in [6.07, 6.45) is 4.54. The Balaban J connectivity index is 3.67. The van der Waals surface area contributed by atoms with Crippen LogP contribution in [0, 0.1) is 5.92 Å². The topological polar surface area (TPSA) is 26.3 Å². The fourth-order valence-corrected chi connectivity index (χ4v) is 0.970. The van der Waals surface area contributed by atoms with Crippen molar-refractivity contribution >= 4 is 5.78 Å². The van der Waals surface area contributed by atoms with E-state index in [-0.39, 0.29) is 11.4 Å². The summed E-state index contributed by atoms with van der Waals surface area (Å²) in [6.45, 7) is 10.0. The molecule has 0 N–H and O–H groups in total. The first kappa shape index (κ1) is 13.2. The van der Waals surface area contributed by atoms with Crippen molar-refractivity contribution in [2.75, 3.05) is 0 Å². The summed E-state index contributed by atoms with van der Waals surface area (Å²) in [7, 11) is 0. The standard InChI is InChI=1S/C12H22O2/c1-10(2)9-11(13)7-6-8-14-12(3,4)5/h6,8,10H,7,9H2,1-5H3. The number of allylic oxidation sites excluding steroid dienone is 1. The quantitative estimate of drug-likeness (QED) is 0.633. The van der Waals surface area contributed by atoms with Gasteiger partial charge in [-0.25, -0.2) is 0 Å². The zero-order valence-electron chi connectivity index (χ0n) is 9.96. The van der Waals surface area contributed by atoms with Crippen molar-refractivity contribution in [3.05, 3.63) is 12.3 Å². The van der Waals surface area contributed by atoms with Gasteiger partial charge in [-0.2, -0.15) is 0 Å². The van der Waals surface area contributed by atoms with Crippen LogP contribution in [0.2, 0.25) is 0 Å². The number of ether oxygens (including phenoxy) is 1. The van der Waals surface area contributed by atoms with Crippen molar-refractivity contribution in [1.82, 2.24) is 0 Å². The third kappa shape index (κ3) is 9.30. The third-order valence-corrected chi connectivity index (χ3v) is 1.50. The van der Waals surface area contributed by atoms with E-state index < -0.39 is 0 Å². The Morgan fingerprint density at radius 3 is 2.36 bits per heavy atom. The number of hydrogen-bond donors (Lipinski definition) is 0. The maximum absolute atomic E-state index is 11.3. The lowest BCUT2D eigenvalue weighted by Crippen LogP contribution is -2.15. The lowest BCUT2D eigenvalue weighted by Gasteiger charge is -2.17. The summed E-state index contributed by atoms with van der Waals surface area (Å²) < 4.78 is 5.35. The monoisotopic (exact) mass is 198 g/mol. The molecule has 82 valence electrons. The van der Waals surface area contributed by atoms with Crippen molar-refractivity contribution in [3.8, 4) is 0 Å². The van der Waals surface area contributed by atoms with Crippen LogP contribution < -0.4 is 0 Å². The molecule has 2 nitrogen and oxygen atoms in total. The third-order valence-electron chi connectivity index (χ3n) is 1.50. The van der Waals surface area contributed by atoms with Crippen molar-refractivity contribution in [2.24, 2.45) is 5.92 Å². The number of rotatable bonds is 5. The van der Waals surface area contributed by atoms with E-state index in [1.165, 1.54) is 0 Å². The normalized spacial score (nSPS) is 12.4. The first-order chi connectivity index (χ1) is 6.31. The molecule has 0 atom stereocenters. The van der Waals surface area contributed by atoms with Crippen LogP contribution in [-0.4, -0.2) is 11.4 Å². The second-order valence-corrected chi connectivity index (χ2v) is 4.94. The molecule has 0 heterocycles. The summed E-state index contributed by atoms with van der Waals surface area (Å²) in [6, 6.07) is 0. The predicted octanol–water partition coefficient (Wildman–Crippen LogP) is 3.32. The number of ketones is 1. The van der Waals surface area contributed by atoms with Crippen molar-refractivity contribution in [1.29, 1.82) is 0 Å². The molecule has 0 aromatic carbocycles. The van der Waals surface area contributed by atoms with Crippen LogP contribution in [0.5, 0.6) is 0 Å². The summed E-state index contributed by atoms with van der Waals surface area (Å²) in [4.78, 5) is 11.3. The van der Waals surface area contributed by atoms with Crippen LogP contribution in [-0.2, 0) is 9.53 Å². The molecule has 0 saturated heterocycles. The van der Waals surface area contributed by atoms with Gasteiger partial charge in [-0.3, -0.25) is 4.79 Å². The molecule has 0 rings (SSSR count). The Bertz CT molecular complexity index is 197. The van der Waals surface area contributed by atoms with Gasteiger partial charge < -0.3 is 4.74 Å². The van der Waals surface area contributed by atoms with Crippen LogP contribution in [0.4, 0.5) is 0 Å². The van der Waals surface area contributed by atoms with Crippen molar-refractivity contribution in [3.63, 3.8) is 0 Å². The minimum absolute atomic E-state index is 0.169. The average molecular weight is 198 g/mol. The molecule has 14 heavy (non-hydrogen) atoms. The number of carbonyl (C=O) groups excluding carboxylic acids is 1. The first-order valence-electron chi connectivity index (χ1n) is 5.16. The molecule has 0 fully saturated rings. The molecule has 0 unspecified atom stereocenters. The average Bonchev–Trinajstić information content (AvgIpc) is 1.95. The van der Waals surface area contributed by atoms with E-state index >= 15 is 0 Å². The molecule has 0 bridgehead atoms. The largest absolute Gasteiger partial charge is 0.496 e. The van der Waals surface area contributed by atoms with Crippen LogP contribution in [0.1, 0.15) is 47.5 Å². The molecule has 0 aliphatic rings. The van der Waals surface area contributed by atoms with Gasteiger partial charge in [0.05, 0.1) is 11.9 Å². The second-order valence-electron chi connectivity index (χ2n) is 4.94. The Kier molecular flexibility index (Phi) is 5.51. The summed E-state index contributed by atoms with van der Waals surface area (Å²) in [5, 5.41) is 0. The molecule has 0 aromatic rings. The highest BCUT2D eigenvalue weighted by molar-refractivity contribution is 5.79. The highest BCUT2D eigenvalue weighted by Crippen LogP contribution is 2.08. The van der Waals surface area contributed by atoms with E-state index in [0.29, 0.717) is 18.8 Å². The Labute approximate surface area is 87.3 Å². The van der Waals surface area contributed by atoms with Gasteiger partial charge in [0.15, 0.2) is 0 Å². The van der Waals surface area contributed by atoms with Crippen LogP contribution in [0.25, 0.3) is 0 Å². The van der Waals surface area contributed by atoms with E-state index in [1.54, 1.807) is 12.3 Å². The molecule has 0 spiro atoms. The van der Waals surface area contributed by atoms with Crippen LogP contribution >= 0.6 is 0 Å². The van der Waals surface area contributed by atoms with Crippen LogP contribution in [0.3, 0.4) is 0 Å². The molecule has 0 radical (unpaired) electrons. The van der Waals surface area contributed by atoms with Crippen LogP contribution in [0.15, 0.2) is 12.3 Å². The van der Waals surface area contributed by atoms with Gasteiger partial charge in [0.2, 0.25) is 0 Å². The summed E-state index contributed by atoms with van der Waals surface area (Å²) >= 11 is 0. The molecule has 0 aromatic heterocycles. The SMILES string of the molecule is CC(C)CC(=O)CC=COC(C)(C)C.